The first-order valence-corrected chi connectivity index (χ1v) is 12.6. The Labute approximate surface area is 212 Å². The molecule has 1 heterocycles. The first kappa shape index (κ1) is 24.8. The number of nitrogens with one attached hydrogen (secondary N) is 1. The Balaban J connectivity index is 1.26. The van der Waals surface area contributed by atoms with E-state index in [2.05, 4.69) is 47.1 Å². The zero-order chi connectivity index (χ0) is 24.5. The van der Waals surface area contributed by atoms with Crippen LogP contribution >= 0.6 is 11.6 Å². The molecule has 0 aliphatic rings. The van der Waals surface area contributed by atoms with Gasteiger partial charge in [0, 0.05) is 24.5 Å². The van der Waals surface area contributed by atoms with Crippen molar-refractivity contribution in [3.05, 3.63) is 94.8 Å². The normalized spacial score (nSPS) is 11.0. The summed E-state index contributed by atoms with van der Waals surface area (Å²) in [4.78, 5) is 17.2. The summed E-state index contributed by atoms with van der Waals surface area (Å²) in [6.07, 6.45) is 3.91. The molecule has 0 spiro atoms. The molecular weight excluding hydrogens is 458 g/mol. The molecule has 0 fully saturated rings. The molecule has 0 radical (unpaired) electrons. The zero-order valence-corrected chi connectivity index (χ0v) is 20.9. The van der Waals surface area contributed by atoms with Crippen LogP contribution in [0.25, 0.3) is 11.0 Å². The van der Waals surface area contributed by atoms with Gasteiger partial charge < -0.3 is 14.6 Å². The maximum absolute atomic E-state index is 12.3. The van der Waals surface area contributed by atoms with Crippen LogP contribution in [0.5, 0.6) is 5.75 Å². The van der Waals surface area contributed by atoms with Gasteiger partial charge in [-0.15, -0.1) is 0 Å². The molecule has 0 aliphatic heterocycles. The summed E-state index contributed by atoms with van der Waals surface area (Å²) in [5.41, 5.74) is 4.23. The molecule has 4 rings (SSSR count). The van der Waals surface area contributed by atoms with E-state index in [1.165, 1.54) is 5.56 Å². The van der Waals surface area contributed by atoms with Crippen LogP contribution in [0.1, 0.15) is 36.2 Å². The molecule has 1 aromatic heterocycles. The first-order chi connectivity index (χ1) is 17.1. The molecule has 0 aliphatic carbocycles. The van der Waals surface area contributed by atoms with Crippen molar-refractivity contribution in [2.45, 2.75) is 45.6 Å². The van der Waals surface area contributed by atoms with E-state index in [0.29, 0.717) is 24.6 Å². The van der Waals surface area contributed by atoms with Crippen LogP contribution in [0.2, 0.25) is 5.02 Å². The summed E-state index contributed by atoms with van der Waals surface area (Å²) < 4.78 is 8.22. The fourth-order valence-corrected chi connectivity index (χ4v) is 4.39. The maximum Gasteiger partial charge on any atom is 0.224 e. The summed E-state index contributed by atoms with van der Waals surface area (Å²) in [7, 11) is 0. The maximum atomic E-state index is 12.3. The van der Waals surface area contributed by atoms with Crippen molar-refractivity contribution < 1.29 is 9.53 Å². The Hall–Kier alpha value is -3.31. The highest BCUT2D eigenvalue weighted by atomic mass is 35.5. The number of para-hydroxylation sites is 2. The summed E-state index contributed by atoms with van der Waals surface area (Å²) >= 11 is 6.17. The summed E-state index contributed by atoms with van der Waals surface area (Å²) in [5, 5.41) is 3.64. The number of carbonyl (C=O) groups excluding carboxylic acids is 1. The molecule has 5 nitrogen and oxygen atoms in total. The highest BCUT2D eigenvalue weighted by Gasteiger charge is 2.11. The Morgan fingerprint density at radius 2 is 1.83 bits per heavy atom. The van der Waals surface area contributed by atoms with E-state index in [-0.39, 0.29) is 5.91 Å². The Bertz CT molecular complexity index is 1270. The van der Waals surface area contributed by atoms with Crippen molar-refractivity contribution in [1.82, 2.24) is 14.9 Å². The summed E-state index contributed by atoms with van der Waals surface area (Å²) in [6.45, 7) is 4.27. The molecule has 0 atom stereocenters. The third-order valence-electron chi connectivity index (χ3n) is 5.98. The van der Waals surface area contributed by atoms with Crippen LogP contribution in [0.15, 0.2) is 72.8 Å². The average molecular weight is 490 g/mol. The van der Waals surface area contributed by atoms with Crippen LogP contribution in [0, 0.1) is 6.92 Å². The second-order valence-electron chi connectivity index (χ2n) is 8.76. The lowest BCUT2D eigenvalue weighted by Gasteiger charge is -2.11. The van der Waals surface area contributed by atoms with Gasteiger partial charge >= 0.3 is 0 Å². The third-order valence-corrected chi connectivity index (χ3v) is 6.34. The van der Waals surface area contributed by atoms with Crippen LogP contribution < -0.4 is 10.1 Å². The van der Waals surface area contributed by atoms with Gasteiger partial charge in [-0.25, -0.2) is 4.98 Å². The minimum atomic E-state index is -0.0137. The van der Waals surface area contributed by atoms with E-state index in [4.69, 9.17) is 21.3 Å². The minimum Gasteiger partial charge on any atom is -0.494 e. The Morgan fingerprint density at radius 1 is 1.00 bits per heavy atom. The first-order valence-electron chi connectivity index (χ1n) is 12.2. The highest BCUT2D eigenvalue weighted by Crippen LogP contribution is 2.19. The van der Waals surface area contributed by atoms with E-state index < -0.39 is 0 Å². The smallest absolute Gasteiger partial charge is 0.224 e. The van der Waals surface area contributed by atoms with Gasteiger partial charge in [0.2, 0.25) is 5.91 Å². The van der Waals surface area contributed by atoms with Crippen molar-refractivity contribution in [1.29, 1.82) is 0 Å². The lowest BCUT2D eigenvalue weighted by atomic mass is 10.1. The lowest BCUT2D eigenvalue weighted by Crippen LogP contribution is -2.26. The number of nitrogens with zero attached hydrogens (tertiary/aromatic N) is 2. The van der Waals surface area contributed by atoms with Crippen molar-refractivity contribution in [3.8, 4) is 5.75 Å². The molecule has 3 aromatic carbocycles. The molecule has 4 aromatic rings. The van der Waals surface area contributed by atoms with Gasteiger partial charge in [-0.2, -0.15) is 0 Å². The predicted molar refractivity (Wildman–Crippen MR) is 142 cm³/mol. The number of amides is 1. The molecule has 0 saturated carbocycles. The molecule has 1 N–H and O–H groups in total. The number of aromatic nitrogens is 2. The fraction of sp³-hybridized carbons (Fsp3) is 0.310. The van der Waals surface area contributed by atoms with E-state index in [9.17, 15) is 4.79 Å². The standard InChI is InChI=1S/C29H32ClN3O2/c1-22-10-8-12-24(20-22)35-19-7-6-18-33-27-15-5-4-14-26(27)32-28(33)16-9-17-31-29(34)21-23-11-2-3-13-25(23)30/h2-5,8,10-15,20H,6-7,9,16-19,21H2,1H3,(H,31,34). The van der Waals surface area contributed by atoms with Gasteiger partial charge in [0.1, 0.15) is 11.6 Å². The molecule has 0 bridgehead atoms. The molecule has 6 heteroatoms. The second-order valence-corrected chi connectivity index (χ2v) is 9.17. The zero-order valence-electron chi connectivity index (χ0n) is 20.2. The largest absolute Gasteiger partial charge is 0.494 e. The Morgan fingerprint density at radius 3 is 2.69 bits per heavy atom. The van der Waals surface area contributed by atoms with Gasteiger partial charge in [-0.05, 0) is 67.6 Å². The number of aryl methyl sites for hydroxylation is 3. The molecule has 182 valence electrons. The van der Waals surface area contributed by atoms with Crippen molar-refractivity contribution in [2.75, 3.05) is 13.2 Å². The van der Waals surface area contributed by atoms with Gasteiger partial charge in [0.15, 0.2) is 0 Å². The highest BCUT2D eigenvalue weighted by molar-refractivity contribution is 6.31. The van der Waals surface area contributed by atoms with Crippen LogP contribution in [0.3, 0.4) is 0 Å². The second kappa shape index (κ2) is 12.4. The van der Waals surface area contributed by atoms with Gasteiger partial charge in [0.25, 0.3) is 0 Å². The third kappa shape index (κ3) is 7.09. The molecule has 0 unspecified atom stereocenters. The summed E-state index contributed by atoms with van der Waals surface area (Å²) in [5.74, 6) is 1.97. The number of carbonyl (C=O) groups is 1. The SMILES string of the molecule is Cc1cccc(OCCCCn2c(CCCNC(=O)Cc3ccccc3Cl)nc3ccccc32)c1. The Kier molecular flexibility index (Phi) is 8.79. The van der Waals surface area contributed by atoms with Crippen LogP contribution in [-0.2, 0) is 24.2 Å². The number of hydrogen-bond acceptors (Lipinski definition) is 3. The van der Waals surface area contributed by atoms with Gasteiger partial charge in [-0.1, -0.05) is 54.1 Å². The molecule has 1 amide bonds. The molecule has 0 saturated heterocycles. The van der Waals surface area contributed by atoms with Crippen molar-refractivity contribution in [2.24, 2.45) is 0 Å². The van der Waals surface area contributed by atoms with E-state index >= 15 is 0 Å². The fourth-order valence-electron chi connectivity index (χ4n) is 4.18. The minimum absolute atomic E-state index is 0.0137. The van der Waals surface area contributed by atoms with Gasteiger partial charge in [-0.3, -0.25) is 4.79 Å². The van der Waals surface area contributed by atoms with E-state index in [1.54, 1.807) is 0 Å². The van der Waals surface area contributed by atoms with Crippen LogP contribution in [0.4, 0.5) is 0 Å². The number of fused-ring (bicyclic) bond motifs is 1. The van der Waals surface area contributed by atoms with Crippen molar-refractivity contribution >= 4 is 28.5 Å². The summed E-state index contributed by atoms with van der Waals surface area (Å²) in [6, 6.07) is 23.9. The average Bonchev–Trinajstić information content (AvgIpc) is 3.20. The van der Waals surface area contributed by atoms with Crippen molar-refractivity contribution in [3.63, 3.8) is 0 Å². The number of unbranched alkanes of at least 4 members (excludes halogenated alkanes) is 1. The number of halogens is 1. The topological polar surface area (TPSA) is 56.1 Å². The number of ether oxygens (including phenoxy) is 1. The number of hydrogen-bond donors (Lipinski definition) is 1. The van der Waals surface area contributed by atoms with E-state index in [0.717, 1.165) is 60.4 Å². The lowest BCUT2D eigenvalue weighted by molar-refractivity contribution is -0.120. The monoisotopic (exact) mass is 489 g/mol. The number of rotatable bonds is 12. The van der Waals surface area contributed by atoms with Gasteiger partial charge in [0.05, 0.1) is 24.1 Å². The molecular formula is C29H32ClN3O2. The number of benzene rings is 3. The molecule has 35 heavy (non-hydrogen) atoms. The van der Waals surface area contributed by atoms with E-state index in [1.807, 2.05) is 42.5 Å². The number of imidazole rings is 1. The predicted octanol–water partition coefficient (Wildman–Crippen LogP) is 6.15. The van der Waals surface area contributed by atoms with Crippen LogP contribution in [-0.4, -0.2) is 28.6 Å². The quantitative estimate of drug-likeness (QED) is 0.243.